The molecular weight excluding hydrogens is 276 g/mol. The molecule has 2 N–H and O–H groups in total. The van der Waals surface area contributed by atoms with E-state index in [9.17, 15) is 4.79 Å². The van der Waals surface area contributed by atoms with Gasteiger partial charge in [-0.25, -0.2) is 0 Å². The molecule has 0 atom stereocenters. The maximum atomic E-state index is 12.3. The first kappa shape index (κ1) is 14.6. The molecule has 0 spiro atoms. The van der Waals surface area contributed by atoms with Gasteiger partial charge in [0.2, 0.25) is 5.91 Å². The van der Waals surface area contributed by atoms with Crippen LogP contribution in [0.1, 0.15) is 12.8 Å². The van der Waals surface area contributed by atoms with E-state index in [2.05, 4.69) is 10.6 Å². The maximum absolute atomic E-state index is 12.3. The summed E-state index contributed by atoms with van der Waals surface area (Å²) in [6.45, 7) is 1.35. The molecule has 0 radical (unpaired) electrons. The number of hydrogen-bond donors (Lipinski definition) is 2. The van der Waals surface area contributed by atoms with Crippen molar-refractivity contribution in [2.45, 2.75) is 12.8 Å². The quantitative estimate of drug-likeness (QED) is 0.902. The van der Waals surface area contributed by atoms with Gasteiger partial charge >= 0.3 is 0 Å². The van der Waals surface area contributed by atoms with Gasteiger partial charge in [-0.2, -0.15) is 0 Å². The number of benzene rings is 2. The molecule has 0 bridgehead atoms. The van der Waals surface area contributed by atoms with Crippen molar-refractivity contribution in [3.8, 4) is 0 Å². The third-order valence-electron chi connectivity index (χ3n) is 3.78. The molecule has 0 aliphatic carbocycles. The lowest BCUT2D eigenvalue weighted by molar-refractivity contribution is -0.122. The predicted molar refractivity (Wildman–Crippen MR) is 88.3 cm³/mol. The lowest BCUT2D eigenvalue weighted by atomic mass is 9.99. The molecule has 1 amide bonds. The minimum atomic E-state index is 0.0551. The zero-order chi connectivity index (χ0) is 15.2. The van der Waals surface area contributed by atoms with Crippen LogP contribution < -0.4 is 10.6 Å². The topological polar surface area (TPSA) is 50.4 Å². The summed E-state index contributed by atoms with van der Waals surface area (Å²) in [4.78, 5) is 12.3. The zero-order valence-corrected chi connectivity index (χ0v) is 12.4. The summed E-state index contributed by atoms with van der Waals surface area (Å²) in [5.41, 5.74) is 2.80. The minimum absolute atomic E-state index is 0.0551. The van der Waals surface area contributed by atoms with Gasteiger partial charge in [-0.15, -0.1) is 0 Å². The van der Waals surface area contributed by atoms with Gasteiger partial charge in [-0.05, 0) is 43.2 Å². The summed E-state index contributed by atoms with van der Waals surface area (Å²) < 4.78 is 5.30. The van der Waals surface area contributed by atoms with Crippen molar-refractivity contribution in [1.82, 2.24) is 0 Å². The van der Waals surface area contributed by atoms with Crippen molar-refractivity contribution in [2.75, 3.05) is 23.8 Å². The van der Waals surface area contributed by atoms with Crippen LogP contribution in [0, 0.1) is 5.92 Å². The van der Waals surface area contributed by atoms with E-state index in [-0.39, 0.29) is 11.8 Å². The Kier molecular flexibility index (Phi) is 4.71. The molecule has 114 valence electrons. The van der Waals surface area contributed by atoms with E-state index in [1.807, 2.05) is 54.6 Å². The lowest BCUT2D eigenvalue weighted by Gasteiger charge is -2.21. The van der Waals surface area contributed by atoms with Crippen LogP contribution in [-0.4, -0.2) is 19.1 Å². The SMILES string of the molecule is O=C(Nc1cccc(Nc2ccccc2)c1)C1CCOCC1. The summed E-state index contributed by atoms with van der Waals surface area (Å²) in [7, 11) is 0. The largest absolute Gasteiger partial charge is 0.381 e. The van der Waals surface area contributed by atoms with Crippen LogP contribution >= 0.6 is 0 Å². The van der Waals surface area contributed by atoms with Crippen LogP contribution in [0.3, 0.4) is 0 Å². The molecule has 2 aromatic carbocycles. The molecule has 1 saturated heterocycles. The molecule has 4 nitrogen and oxygen atoms in total. The Labute approximate surface area is 130 Å². The molecule has 0 aromatic heterocycles. The van der Waals surface area contributed by atoms with Gasteiger partial charge in [0.25, 0.3) is 0 Å². The van der Waals surface area contributed by atoms with Crippen LogP contribution in [0.15, 0.2) is 54.6 Å². The van der Waals surface area contributed by atoms with Crippen LogP contribution in [0.2, 0.25) is 0 Å². The molecule has 22 heavy (non-hydrogen) atoms. The lowest BCUT2D eigenvalue weighted by Crippen LogP contribution is -2.28. The number of amides is 1. The fraction of sp³-hybridized carbons (Fsp3) is 0.278. The van der Waals surface area contributed by atoms with Gasteiger partial charge < -0.3 is 15.4 Å². The minimum Gasteiger partial charge on any atom is -0.381 e. The van der Waals surface area contributed by atoms with Gasteiger partial charge in [-0.3, -0.25) is 4.79 Å². The van der Waals surface area contributed by atoms with Gasteiger partial charge in [-0.1, -0.05) is 24.3 Å². The number of rotatable bonds is 4. The molecule has 4 heteroatoms. The summed E-state index contributed by atoms with van der Waals surface area (Å²) in [6, 6.07) is 17.7. The Morgan fingerprint density at radius 1 is 0.909 bits per heavy atom. The third kappa shape index (κ3) is 3.86. The van der Waals surface area contributed by atoms with Gasteiger partial charge in [0.1, 0.15) is 0 Å². The Bertz CT molecular complexity index is 622. The standard InChI is InChI=1S/C18H20N2O2/c21-18(14-9-11-22-12-10-14)20-17-8-4-7-16(13-17)19-15-5-2-1-3-6-15/h1-8,13-14,19H,9-12H2,(H,20,21). The normalized spacial score (nSPS) is 15.3. The predicted octanol–water partition coefficient (Wildman–Crippen LogP) is 3.80. The number of anilines is 3. The molecule has 0 unspecified atom stereocenters. The van der Waals surface area contributed by atoms with Crippen molar-refractivity contribution in [2.24, 2.45) is 5.92 Å². The second kappa shape index (κ2) is 7.09. The van der Waals surface area contributed by atoms with E-state index in [1.54, 1.807) is 0 Å². The second-order valence-corrected chi connectivity index (χ2v) is 5.45. The van der Waals surface area contributed by atoms with Crippen LogP contribution in [0.4, 0.5) is 17.1 Å². The smallest absolute Gasteiger partial charge is 0.227 e. The number of nitrogens with one attached hydrogen (secondary N) is 2. The van der Waals surface area contributed by atoms with Crippen molar-refractivity contribution >= 4 is 23.0 Å². The third-order valence-corrected chi connectivity index (χ3v) is 3.78. The molecule has 1 heterocycles. The molecule has 1 aliphatic heterocycles. The summed E-state index contributed by atoms with van der Waals surface area (Å²) >= 11 is 0. The van der Waals surface area contributed by atoms with Gasteiger partial charge in [0.05, 0.1) is 0 Å². The number of carbonyl (C=O) groups excluding carboxylic acids is 1. The highest BCUT2D eigenvalue weighted by Gasteiger charge is 2.21. The molecule has 1 aliphatic rings. The van der Waals surface area contributed by atoms with Crippen molar-refractivity contribution in [1.29, 1.82) is 0 Å². The number of carbonyl (C=O) groups is 1. The first-order valence-electron chi connectivity index (χ1n) is 7.62. The van der Waals surface area contributed by atoms with Crippen molar-refractivity contribution in [3.63, 3.8) is 0 Å². The second-order valence-electron chi connectivity index (χ2n) is 5.45. The highest BCUT2D eigenvalue weighted by atomic mass is 16.5. The summed E-state index contributed by atoms with van der Waals surface area (Å²) in [6.07, 6.45) is 1.60. The fourth-order valence-corrected chi connectivity index (χ4v) is 2.57. The Morgan fingerprint density at radius 3 is 2.36 bits per heavy atom. The van der Waals surface area contributed by atoms with E-state index < -0.39 is 0 Å². The molecular formula is C18H20N2O2. The Morgan fingerprint density at radius 2 is 1.59 bits per heavy atom. The van der Waals surface area contributed by atoms with E-state index >= 15 is 0 Å². The average Bonchev–Trinajstić information content (AvgIpc) is 2.57. The first-order valence-corrected chi connectivity index (χ1v) is 7.62. The van der Waals surface area contributed by atoms with Crippen molar-refractivity contribution in [3.05, 3.63) is 54.6 Å². The fourth-order valence-electron chi connectivity index (χ4n) is 2.57. The van der Waals surface area contributed by atoms with E-state index in [0.717, 1.165) is 29.9 Å². The van der Waals surface area contributed by atoms with Crippen LogP contribution in [0.5, 0.6) is 0 Å². The molecule has 1 fully saturated rings. The van der Waals surface area contributed by atoms with E-state index in [4.69, 9.17) is 4.74 Å². The number of ether oxygens (including phenoxy) is 1. The van der Waals surface area contributed by atoms with Gasteiger partial charge in [0.15, 0.2) is 0 Å². The highest BCUT2D eigenvalue weighted by molar-refractivity contribution is 5.93. The Balaban J connectivity index is 1.64. The van der Waals surface area contributed by atoms with Gasteiger partial charge in [0, 0.05) is 36.2 Å². The van der Waals surface area contributed by atoms with Crippen LogP contribution in [0.25, 0.3) is 0 Å². The highest BCUT2D eigenvalue weighted by Crippen LogP contribution is 2.22. The van der Waals surface area contributed by atoms with Crippen molar-refractivity contribution < 1.29 is 9.53 Å². The zero-order valence-electron chi connectivity index (χ0n) is 12.4. The summed E-state index contributed by atoms with van der Waals surface area (Å²) in [5, 5.41) is 6.33. The van der Waals surface area contributed by atoms with E-state index in [0.29, 0.717) is 13.2 Å². The number of para-hydroxylation sites is 1. The summed E-state index contributed by atoms with van der Waals surface area (Å²) in [5.74, 6) is 0.139. The maximum Gasteiger partial charge on any atom is 0.227 e. The molecule has 2 aromatic rings. The van der Waals surface area contributed by atoms with Crippen LogP contribution in [-0.2, 0) is 9.53 Å². The first-order chi connectivity index (χ1) is 10.8. The monoisotopic (exact) mass is 296 g/mol. The molecule has 0 saturated carbocycles. The number of hydrogen-bond acceptors (Lipinski definition) is 3. The molecule has 3 rings (SSSR count). The Hall–Kier alpha value is -2.33. The van der Waals surface area contributed by atoms with E-state index in [1.165, 1.54) is 0 Å². The average molecular weight is 296 g/mol.